The van der Waals surface area contributed by atoms with Gasteiger partial charge in [-0.15, -0.1) is 0 Å². The van der Waals surface area contributed by atoms with Crippen molar-refractivity contribution in [2.24, 2.45) is 10.9 Å². The summed E-state index contributed by atoms with van der Waals surface area (Å²) in [5.74, 6) is 1.52. The van der Waals surface area contributed by atoms with Crippen LogP contribution in [0.5, 0.6) is 0 Å². The maximum absolute atomic E-state index is 6.20. The molecule has 1 aromatic heterocycles. The van der Waals surface area contributed by atoms with Gasteiger partial charge in [0.1, 0.15) is 17.0 Å². The third kappa shape index (κ3) is 2.28. The molecule has 1 N–H and O–H groups in total. The summed E-state index contributed by atoms with van der Waals surface area (Å²) < 4.78 is 1.06. The Morgan fingerprint density at radius 1 is 1.39 bits per heavy atom. The number of aliphatic imine (C=N–C) groups is 1. The molecule has 6 rings (SSSR count). The van der Waals surface area contributed by atoms with E-state index < -0.39 is 0 Å². The highest BCUT2D eigenvalue weighted by Crippen LogP contribution is 2.42. The molecular weight excluding hydrogens is 332 g/mol. The summed E-state index contributed by atoms with van der Waals surface area (Å²) in [4.78, 5) is 17.8. The number of aromatic nitrogens is 1. The molecule has 1 aromatic carbocycles. The molecule has 5 heterocycles. The molecule has 5 nitrogen and oxygen atoms in total. The van der Waals surface area contributed by atoms with Gasteiger partial charge in [-0.25, -0.2) is 9.98 Å². The predicted molar refractivity (Wildman–Crippen MR) is 92.5 cm³/mol. The molecule has 23 heavy (non-hydrogen) atoms. The number of rotatable bonds is 1. The Bertz CT molecular complexity index is 798. The standard InChI is InChI=1S/C16H17ClN4OS/c17-11-2-1-3-12-14(11)19-15(23-12)18-13-8-16(22-20-13)9-21-6-4-10(16)5-7-21/h1-3,10H,4-9H2,(H,18,19,20). The molecule has 4 saturated heterocycles. The van der Waals surface area contributed by atoms with Crippen molar-refractivity contribution in [1.82, 2.24) is 15.4 Å². The van der Waals surface area contributed by atoms with E-state index in [1.54, 1.807) is 11.3 Å². The van der Waals surface area contributed by atoms with Crippen LogP contribution < -0.4 is 5.48 Å². The van der Waals surface area contributed by atoms with Gasteiger partial charge in [-0.1, -0.05) is 29.0 Å². The van der Waals surface area contributed by atoms with Gasteiger partial charge in [0, 0.05) is 13.0 Å². The number of fused-ring (bicyclic) bond motifs is 3. The summed E-state index contributed by atoms with van der Waals surface area (Å²) in [6, 6.07) is 5.83. The van der Waals surface area contributed by atoms with Gasteiger partial charge in [0.25, 0.3) is 0 Å². The van der Waals surface area contributed by atoms with Crippen LogP contribution in [0.25, 0.3) is 10.2 Å². The zero-order valence-corrected chi connectivity index (χ0v) is 14.2. The van der Waals surface area contributed by atoms with Crippen LogP contribution in [-0.4, -0.2) is 41.0 Å². The maximum atomic E-state index is 6.20. The molecule has 0 aliphatic carbocycles. The van der Waals surface area contributed by atoms with Gasteiger partial charge in [0.2, 0.25) is 5.13 Å². The Labute approximate surface area is 143 Å². The van der Waals surface area contributed by atoms with Crippen LogP contribution in [0.15, 0.2) is 23.2 Å². The fourth-order valence-corrected chi connectivity index (χ4v) is 5.25. The minimum absolute atomic E-state index is 0.0936. The Morgan fingerprint density at radius 2 is 2.26 bits per heavy atom. The minimum atomic E-state index is -0.0936. The number of piperidine rings is 3. The normalized spacial score (nSPS) is 34.6. The van der Waals surface area contributed by atoms with Crippen LogP contribution >= 0.6 is 22.9 Å². The number of hydrogen-bond donors (Lipinski definition) is 1. The summed E-state index contributed by atoms with van der Waals surface area (Å²) in [6.07, 6.45) is 3.30. The first-order valence-electron chi connectivity index (χ1n) is 8.01. The number of hydroxylamine groups is 1. The third-order valence-corrected chi connectivity index (χ3v) is 6.47. The Hall–Kier alpha value is -1.21. The SMILES string of the molecule is Clc1cccc2sc(N=C3CC4(CN5CCC4CC5)ON3)nc12. The van der Waals surface area contributed by atoms with E-state index in [1.165, 1.54) is 25.9 Å². The molecule has 4 aliphatic rings. The summed E-state index contributed by atoms with van der Waals surface area (Å²) >= 11 is 7.76. The highest BCUT2D eigenvalue weighted by molar-refractivity contribution is 7.22. The lowest BCUT2D eigenvalue weighted by Gasteiger charge is -2.49. The highest BCUT2D eigenvalue weighted by atomic mass is 35.5. The first-order chi connectivity index (χ1) is 11.2. The molecule has 0 radical (unpaired) electrons. The van der Waals surface area contributed by atoms with E-state index in [-0.39, 0.29) is 5.60 Å². The number of thiazole rings is 1. The number of nitrogens with zero attached hydrogens (tertiary/aromatic N) is 3. The van der Waals surface area contributed by atoms with Gasteiger partial charge in [0.15, 0.2) is 0 Å². The minimum Gasteiger partial charge on any atom is -0.300 e. The van der Waals surface area contributed by atoms with Crippen LogP contribution in [0.1, 0.15) is 19.3 Å². The first kappa shape index (κ1) is 14.2. The maximum Gasteiger partial charge on any atom is 0.212 e. The zero-order valence-electron chi connectivity index (χ0n) is 12.6. The molecular formula is C16H17ClN4OS. The fourth-order valence-electron chi connectivity index (χ4n) is 4.09. The number of nitrogens with one attached hydrogen (secondary N) is 1. The second-order valence-corrected chi connectivity index (χ2v) is 8.05. The molecule has 1 spiro atoms. The largest absolute Gasteiger partial charge is 0.300 e. The molecule has 0 amide bonds. The van der Waals surface area contributed by atoms with Gasteiger partial charge in [-0.2, -0.15) is 0 Å². The Kier molecular flexibility index (Phi) is 3.17. The van der Waals surface area contributed by atoms with E-state index in [0.717, 1.165) is 34.1 Å². The van der Waals surface area contributed by atoms with Gasteiger partial charge >= 0.3 is 0 Å². The van der Waals surface area contributed by atoms with Crippen LogP contribution in [-0.2, 0) is 4.84 Å². The highest BCUT2D eigenvalue weighted by Gasteiger charge is 2.52. The molecule has 4 fully saturated rings. The molecule has 4 aliphatic heterocycles. The van der Waals surface area contributed by atoms with Crippen LogP contribution in [0.2, 0.25) is 5.02 Å². The third-order valence-electron chi connectivity index (χ3n) is 5.25. The lowest BCUT2D eigenvalue weighted by Crippen LogP contribution is -2.59. The fraction of sp³-hybridized carbons (Fsp3) is 0.500. The second-order valence-electron chi connectivity index (χ2n) is 6.64. The van der Waals surface area contributed by atoms with Crippen molar-refractivity contribution in [1.29, 1.82) is 0 Å². The van der Waals surface area contributed by atoms with E-state index in [9.17, 15) is 0 Å². The summed E-state index contributed by atoms with van der Waals surface area (Å²) in [5, 5.41) is 1.41. The smallest absolute Gasteiger partial charge is 0.212 e. The van der Waals surface area contributed by atoms with Crippen LogP contribution in [0.4, 0.5) is 5.13 Å². The number of hydrogen-bond acceptors (Lipinski definition) is 5. The average Bonchev–Trinajstić information content (AvgIpc) is 3.14. The van der Waals surface area contributed by atoms with Crippen molar-refractivity contribution in [2.45, 2.75) is 24.9 Å². The molecule has 2 aromatic rings. The molecule has 120 valence electrons. The molecule has 7 heteroatoms. The average molecular weight is 349 g/mol. The zero-order chi connectivity index (χ0) is 15.4. The number of para-hydroxylation sites is 1. The summed E-state index contributed by atoms with van der Waals surface area (Å²) in [5.41, 5.74) is 3.80. The summed E-state index contributed by atoms with van der Waals surface area (Å²) in [7, 11) is 0. The predicted octanol–water partition coefficient (Wildman–Crippen LogP) is 3.37. The van der Waals surface area contributed by atoms with Crippen molar-refractivity contribution < 1.29 is 4.84 Å². The molecule has 0 saturated carbocycles. The summed E-state index contributed by atoms with van der Waals surface area (Å²) in [6.45, 7) is 3.42. The van der Waals surface area contributed by atoms with Gasteiger partial charge < -0.3 is 4.90 Å². The quantitative estimate of drug-likeness (QED) is 0.858. The lowest BCUT2D eigenvalue weighted by atomic mass is 9.74. The van der Waals surface area contributed by atoms with Gasteiger partial charge in [-0.05, 0) is 44.0 Å². The van der Waals surface area contributed by atoms with E-state index in [2.05, 4.69) is 20.4 Å². The topological polar surface area (TPSA) is 49.8 Å². The number of halogens is 1. The molecule has 1 unspecified atom stereocenters. The monoisotopic (exact) mass is 348 g/mol. The van der Waals surface area contributed by atoms with Gasteiger partial charge in [-0.3, -0.25) is 10.3 Å². The van der Waals surface area contributed by atoms with Gasteiger partial charge in [0.05, 0.1) is 9.72 Å². The van der Waals surface area contributed by atoms with Crippen LogP contribution in [0, 0.1) is 5.92 Å². The van der Waals surface area contributed by atoms with E-state index in [0.29, 0.717) is 10.9 Å². The van der Waals surface area contributed by atoms with Crippen molar-refractivity contribution in [3.63, 3.8) is 0 Å². The Morgan fingerprint density at radius 3 is 3.00 bits per heavy atom. The molecule has 2 bridgehead atoms. The number of amidine groups is 1. The van der Waals surface area contributed by atoms with E-state index in [1.807, 2.05) is 18.2 Å². The van der Waals surface area contributed by atoms with Crippen LogP contribution in [0.3, 0.4) is 0 Å². The van der Waals surface area contributed by atoms with Crippen molar-refractivity contribution in [3.05, 3.63) is 23.2 Å². The lowest BCUT2D eigenvalue weighted by molar-refractivity contribution is -0.150. The number of benzene rings is 1. The van der Waals surface area contributed by atoms with Crippen molar-refractivity contribution in [2.75, 3.05) is 19.6 Å². The first-order valence-corrected chi connectivity index (χ1v) is 9.20. The molecule has 1 atom stereocenters. The second kappa shape index (κ2) is 5.14. The van der Waals surface area contributed by atoms with Crippen molar-refractivity contribution in [3.8, 4) is 0 Å². The van der Waals surface area contributed by atoms with E-state index >= 15 is 0 Å². The Balaban J connectivity index is 1.44. The van der Waals surface area contributed by atoms with E-state index in [4.69, 9.17) is 16.4 Å². The van der Waals surface area contributed by atoms with Crippen molar-refractivity contribution >= 4 is 44.1 Å².